The zero-order valence-corrected chi connectivity index (χ0v) is 13.9. The molecule has 1 fully saturated rings. The van der Waals surface area contributed by atoms with Gasteiger partial charge in [0.15, 0.2) is 0 Å². The van der Waals surface area contributed by atoms with Crippen LogP contribution in [0.2, 0.25) is 0 Å². The number of nitrogens with one attached hydrogen (secondary N) is 1. The van der Waals surface area contributed by atoms with Crippen LogP contribution in [0.25, 0.3) is 10.2 Å². The summed E-state index contributed by atoms with van der Waals surface area (Å²) in [6.07, 6.45) is 5.92. The Balaban J connectivity index is 1.82. The van der Waals surface area contributed by atoms with Crippen LogP contribution in [0.15, 0.2) is 11.4 Å². The van der Waals surface area contributed by atoms with Crippen LogP contribution < -0.4 is 5.32 Å². The van der Waals surface area contributed by atoms with Crippen LogP contribution in [0.4, 0.5) is 5.82 Å². The lowest BCUT2D eigenvalue weighted by atomic mass is 9.90. The lowest BCUT2D eigenvalue weighted by Crippen LogP contribution is -2.38. The van der Waals surface area contributed by atoms with Gasteiger partial charge in [-0.1, -0.05) is 6.92 Å². The first kappa shape index (κ1) is 14.7. The molecule has 0 aliphatic heterocycles. The van der Waals surface area contributed by atoms with Gasteiger partial charge >= 0.3 is 0 Å². The van der Waals surface area contributed by atoms with Crippen LogP contribution in [0.1, 0.15) is 38.4 Å². The molecule has 1 aliphatic rings. The maximum absolute atomic E-state index is 4.73. The lowest BCUT2D eigenvalue weighted by molar-refractivity contribution is 0.219. The third-order valence-corrected chi connectivity index (χ3v) is 5.21. The first-order valence-corrected chi connectivity index (χ1v) is 8.72. The van der Waals surface area contributed by atoms with Crippen molar-refractivity contribution in [3.05, 3.63) is 17.3 Å². The molecule has 0 amide bonds. The van der Waals surface area contributed by atoms with Crippen molar-refractivity contribution in [2.24, 2.45) is 0 Å². The van der Waals surface area contributed by atoms with Crippen LogP contribution in [0, 0.1) is 0 Å². The van der Waals surface area contributed by atoms with Gasteiger partial charge in [0.1, 0.15) is 16.5 Å². The van der Waals surface area contributed by atoms with E-state index in [1.54, 1.807) is 11.3 Å². The number of hydrogen-bond donors (Lipinski definition) is 1. The maximum atomic E-state index is 4.73. The average Bonchev–Trinajstić information content (AvgIpc) is 2.96. The first-order chi connectivity index (χ1) is 10.2. The smallest absolute Gasteiger partial charge is 0.138 e. The number of fused-ring (bicyclic) bond motifs is 1. The average molecular weight is 304 g/mol. The molecule has 21 heavy (non-hydrogen) atoms. The van der Waals surface area contributed by atoms with Crippen molar-refractivity contribution in [3.63, 3.8) is 0 Å². The quantitative estimate of drug-likeness (QED) is 0.938. The summed E-state index contributed by atoms with van der Waals surface area (Å²) in [4.78, 5) is 12.8. The summed E-state index contributed by atoms with van der Waals surface area (Å²) < 4.78 is 0. The molecule has 0 saturated heterocycles. The fourth-order valence-corrected chi connectivity index (χ4v) is 3.91. The van der Waals surface area contributed by atoms with E-state index in [1.165, 1.54) is 31.1 Å². The van der Waals surface area contributed by atoms with Crippen molar-refractivity contribution in [1.82, 2.24) is 14.9 Å². The summed E-state index contributed by atoms with van der Waals surface area (Å²) in [6, 6.07) is 3.34. The molecule has 2 aromatic rings. The number of rotatable bonds is 4. The molecular weight excluding hydrogens is 280 g/mol. The summed E-state index contributed by atoms with van der Waals surface area (Å²) in [5.74, 6) is 1.97. The van der Waals surface area contributed by atoms with Gasteiger partial charge in [-0.25, -0.2) is 9.97 Å². The first-order valence-electron chi connectivity index (χ1n) is 7.84. The summed E-state index contributed by atoms with van der Waals surface area (Å²) in [5, 5.41) is 6.97. The molecule has 5 heteroatoms. The molecule has 0 radical (unpaired) electrons. The van der Waals surface area contributed by atoms with E-state index >= 15 is 0 Å². The molecular formula is C16H24N4S. The van der Waals surface area contributed by atoms with Gasteiger partial charge < -0.3 is 10.2 Å². The van der Waals surface area contributed by atoms with Gasteiger partial charge in [-0.05, 0) is 51.2 Å². The minimum atomic E-state index is 0.522. The monoisotopic (exact) mass is 304 g/mol. The van der Waals surface area contributed by atoms with E-state index in [0.29, 0.717) is 12.1 Å². The van der Waals surface area contributed by atoms with Crippen LogP contribution in [0.3, 0.4) is 0 Å². The number of thiophene rings is 1. The third-order valence-electron chi connectivity index (χ3n) is 4.41. The molecule has 1 aliphatic carbocycles. The second-order valence-electron chi connectivity index (χ2n) is 6.11. The standard InChI is InChI=1S/C16H24N4S/c1-4-14-18-15(13-8-9-21-16(13)19-14)17-11-6-5-7-12(10-11)20(2)3/h8-9,11-12H,4-7,10H2,1-3H3,(H,17,18,19). The van der Waals surface area contributed by atoms with E-state index in [1.807, 2.05) is 0 Å². The normalized spacial score (nSPS) is 22.9. The van der Waals surface area contributed by atoms with E-state index in [4.69, 9.17) is 4.98 Å². The summed E-state index contributed by atoms with van der Waals surface area (Å²) in [6.45, 7) is 2.11. The van der Waals surface area contributed by atoms with Gasteiger partial charge in [0.05, 0.1) is 5.39 Å². The van der Waals surface area contributed by atoms with Crippen LogP contribution in [-0.2, 0) is 6.42 Å². The highest BCUT2D eigenvalue weighted by molar-refractivity contribution is 7.16. The van der Waals surface area contributed by atoms with Gasteiger partial charge in [-0.2, -0.15) is 0 Å². The van der Waals surface area contributed by atoms with Crippen LogP contribution >= 0.6 is 11.3 Å². The molecule has 2 unspecified atom stereocenters. The molecule has 2 heterocycles. The van der Waals surface area contributed by atoms with E-state index in [-0.39, 0.29) is 0 Å². The summed E-state index contributed by atoms with van der Waals surface area (Å²) in [7, 11) is 4.37. The fourth-order valence-electron chi connectivity index (χ4n) is 3.13. The second-order valence-corrected chi connectivity index (χ2v) is 7.00. The van der Waals surface area contributed by atoms with Crippen molar-refractivity contribution >= 4 is 27.4 Å². The van der Waals surface area contributed by atoms with Gasteiger partial charge in [0, 0.05) is 18.5 Å². The van der Waals surface area contributed by atoms with E-state index in [9.17, 15) is 0 Å². The Kier molecular flexibility index (Phi) is 4.40. The molecule has 2 aromatic heterocycles. The fraction of sp³-hybridized carbons (Fsp3) is 0.625. The molecule has 2 atom stereocenters. The van der Waals surface area contributed by atoms with Crippen LogP contribution in [0.5, 0.6) is 0 Å². The Hall–Kier alpha value is -1.20. The molecule has 1 N–H and O–H groups in total. The highest BCUT2D eigenvalue weighted by Gasteiger charge is 2.24. The Bertz CT molecular complexity index is 607. The highest BCUT2D eigenvalue weighted by Crippen LogP contribution is 2.29. The SMILES string of the molecule is CCc1nc(NC2CCCC(N(C)C)C2)c2ccsc2n1. The van der Waals surface area contributed by atoms with Crippen molar-refractivity contribution < 1.29 is 0 Å². The lowest BCUT2D eigenvalue weighted by Gasteiger charge is -2.34. The highest BCUT2D eigenvalue weighted by atomic mass is 32.1. The molecule has 4 nitrogen and oxygen atoms in total. The summed E-state index contributed by atoms with van der Waals surface area (Å²) >= 11 is 1.70. The van der Waals surface area contributed by atoms with Crippen molar-refractivity contribution in [2.75, 3.05) is 19.4 Å². The van der Waals surface area contributed by atoms with Crippen LogP contribution in [-0.4, -0.2) is 41.0 Å². The Labute approximate surface area is 130 Å². The van der Waals surface area contributed by atoms with Crippen molar-refractivity contribution in [1.29, 1.82) is 0 Å². The van der Waals surface area contributed by atoms with E-state index < -0.39 is 0 Å². The van der Waals surface area contributed by atoms with Gasteiger partial charge in [-0.15, -0.1) is 11.3 Å². The summed E-state index contributed by atoms with van der Waals surface area (Å²) in [5.41, 5.74) is 0. The van der Waals surface area contributed by atoms with Gasteiger partial charge in [-0.3, -0.25) is 0 Å². The zero-order chi connectivity index (χ0) is 14.8. The Morgan fingerprint density at radius 1 is 1.33 bits per heavy atom. The number of aryl methyl sites for hydroxylation is 1. The zero-order valence-electron chi connectivity index (χ0n) is 13.1. The topological polar surface area (TPSA) is 41.1 Å². The maximum Gasteiger partial charge on any atom is 0.138 e. The molecule has 1 saturated carbocycles. The third kappa shape index (κ3) is 3.19. The minimum Gasteiger partial charge on any atom is -0.367 e. The predicted octanol–water partition coefficient (Wildman–Crippen LogP) is 3.54. The minimum absolute atomic E-state index is 0.522. The molecule has 0 spiro atoms. The number of nitrogens with zero attached hydrogens (tertiary/aromatic N) is 3. The molecule has 0 bridgehead atoms. The van der Waals surface area contributed by atoms with Gasteiger partial charge in [0.25, 0.3) is 0 Å². The van der Waals surface area contributed by atoms with E-state index in [0.717, 1.165) is 22.9 Å². The van der Waals surface area contributed by atoms with E-state index in [2.05, 4.69) is 47.7 Å². The Morgan fingerprint density at radius 2 is 2.19 bits per heavy atom. The molecule has 3 rings (SSSR count). The van der Waals surface area contributed by atoms with Gasteiger partial charge in [0.2, 0.25) is 0 Å². The van der Waals surface area contributed by atoms with Crippen molar-refractivity contribution in [2.45, 2.75) is 51.1 Å². The predicted molar refractivity (Wildman–Crippen MR) is 90.1 cm³/mol. The molecule has 114 valence electrons. The number of anilines is 1. The Morgan fingerprint density at radius 3 is 2.95 bits per heavy atom. The number of aromatic nitrogens is 2. The molecule has 0 aromatic carbocycles. The second kappa shape index (κ2) is 6.28. The largest absolute Gasteiger partial charge is 0.367 e. The number of hydrogen-bond acceptors (Lipinski definition) is 5. The van der Waals surface area contributed by atoms with Crippen molar-refractivity contribution in [3.8, 4) is 0 Å².